The van der Waals surface area contributed by atoms with Gasteiger partial charge in [-0.15, -0.1) is 0 Å². The van der Waals surface area contributed by atoms with Crippen molar-refractivity contribution in [2.45, 2.75) is 133 Å². The van der Waals surface area contributed by atoms with Crippen LogP contribution in [0.4, 0.5) is 33.6 Å². The lowest BCUT2D eigenvalue weighted by molar-refractivity contribution is -0.870. The van der Waals surface area contributed by atoms with Gasteiger partial charge in [-0.1, -0.05) is 0 Å². The summed E-state index contributed by atoms with van der Waals surface area (Å²) >= 11 is 0. The first kappa shape index (κ1) is 161. The minimum absolute atomic E-state index is 0. The minimum Gasteiger partial charge on any atom is -1.00 e. The first-order valence-corrected chi connectivity index (χ1v) is 64.1. The molecular weight excluding hydrogens is 1980 g/mol. The van der Waals surface area contributed by atoms with Gasteiger partial charge in [-0.25, -0.2) is 33.6 Å². The fourth-order valence-corrected chi connectivity index (χ4v) is 19.2. The second-order valence-electron chi connectivity index (χ2n) is 40.3. The van der Waals surface area contributed by atoms with Crippen molar-refractivity contribution in [2.24, 2.45) is 0 Å². The van der Waals surface area contributed by atoms with Gasteiger partial charge in [0.05, 0.1) is 148 Å². The van der Waals surface area contributed by atoms with Crippen molar-refractivity contribution in [1.82, 2.24) is 37.2 Å². The van der Waals surface area contributed by atoms with E-state index in [0.29, 0.717) is 92.1 Å². The van der Waals surface area contributed by atoms with Gasteiger partial charge in [0, 0.05) is 145 Å². The molecule has 0 unspecified atom stereocenters. The average molecular weight is 2190 g/mol. The minimum atomic E-state index is -2.92. The molecule has 0 saturated heterocycles. The number of nitrogens with one attached hydrogen (secondary N) is 7. The Morgan fingerprint density at radius 1 is 0.199 bits per heavy atom. The van der Waals surface area contributed by atoms with E-state index in [2.05, 4.69) is 185 Å². The number of ether oxygens (including phenoxy) is 7. The lowest BCUT2D eigenvalue weighted by Crippen LogP contribution is -3.00. The number of carbonyl (C=O) groups is 7. The lowest BCUT2D eigenvalue weighted by atomic mass is 10.3. The number of amides is 7. The van der Waals surface area contributed by atoms with Crippen molar-refractivity contribution in [2.75, 3.05) is 385 Å². The van der Waals surface area contributed by atoms with Gasteiger partial charge in [-0.3, -0.25) is 7.32 Å². The SMILES string of the molecule is CO[Si](C)(CCCNC(=O)OCC[N+](C)(C)C)OC.CO[Si](C)(CCCNC(=O)OCC[N+](C)(C)C)OC.CO[Si](C)(CCCNC(=O)OCC[N+](C)(C)C)OC.CO[Si](C)(CCCNC(=O)OCC[N+](C)(C)C)OC.CO[Si](C)(CCCNC(=O)OCC[N+](C)(C)C)OC.CO[Si](C)(CCCNC(=O)OCC[N+](C)(C)C)OC.CO[Si](C)(CCCNC(=O)OCC[N+](C)(C)C)OC.[F-].[F-].[F-].[F-].[O-]B([O-])[O-]. The van der Waals surface area contributed by atoms with Crippen molar-refractivity contribution in [3.8, 4) is 0 Å². The molecule has 0 radical (unpaired) electrons. The predicted molar refractivity (Wildman–Crippen MR) is 547 cm³/mol. The number of rotatable bonds is 63. The van der Waals surface area contributed by atoms with Crippen LogP contribution in [0, 0.1) is 0 Å². The highest BCUT2D eigenvalue weighted by molar-refractivity contribution is 6.68. The van der Waals surface area contributed by atoms with Crippen LogP contribution < -0.4 is 71.1 Å². The van der Waals surface area contributed by atoms with Crippen LogP contribution >= 0.6 is 0 Å². The zero-order chi connectivity index (χ0) is 108. The molecule has 0 aromatic carbocycles. The topological polar surface area (TPSA) is 467 Å². The number of likely N-dealkylation sites (N-methyl/N-ethyl adjacent to an activating group) is 7. The van der Waals surface area contributed by atoms with Crippen LogP contribution in [0.2, 0.25) is 88.1 Å². The molecule has 57 heteroatoms. The van der Waals surface area contributed by atoms with Gasteiger partial charge in [0.15, 0.2) is 0 Å². The van der Waals surface area contributed by atoms with E-state index >= 15 is 0 Å². The first-order valence-electron chi connectivity index (χ1n) is 46.5. The fraction of sp³-hybridized carbons (Fsp3) is 0.917. The number of hydrogen-bond acceptors (Lipinski definition) is 31. The second-order valence-corrected chi connectivity index (χ2v) is 65.4. The van der Waals surface area contributed by atoms with Crippen LogP contribution in [0.5, 0.6) is 0 Å². The van der Waals surface area contributed by atoms with Crippen LogP contribution in [0.1, 0.15) is 44.9 Å². The summed E-state index contributed by atoms with van der Waals surface area (Å²) in [6.45, 7) is 26.7. The molecule has 0 saturated carbocycles. The fourth-order valence-electron chi connectivity index (χ4n) is 9.45. The Balaban J connectivity index is -0.000000136. The summed E-state index contributed by atoms with van der Waals surface area (Å²) in [5.41, 5.74) is 0. The highest BCUT2D eigenvalue weighted by Gasteiger charge is 2.34. The van der Waals surface area contributed by atoms with Crippen LogP contribution in [0.15, 0.2) is 0 Å². The predicted octanol–water partition coefficient (Wildman–Crippen LogP) is -7.72. The average Bonchev–Trinajstić information content (AvgIpc) is 0.936. The maximum atomic E-state index is 11.4. The molecule has 0 aliphatic carbocycles. The summed E-state index contributed by atoms with van der Waals surface area (Å²) in [5, 5.41) is 44.4. The van der Waals surface area contributed by atoms with Crippen molar-refractivity contribution in [3.63, 3.8) is 0 Å². The van der Waals surface area contributed by atoms with E-state index in [9.17, 15) is 33.6 Å². The zero-order valence-electron chi connectivity index (χ0n) is 95.1. The van der Waals surface area contributed by atoms with Crippen molar-refractivity contribution in [1.29, 1.82) is 0 Å². The van der Waals surface area contributed by atoms with Gasteiger partial charge in [0.1, 0.15) is 92.1 Å². The summed E-state index contributed by atoms with van der Waals surface area (Å²) in [6, 6.07) is 5.92. The number of nitrogens with zero attached hydrogens (tertiary/aromatic N) is 7. The van der Waals surface area contributed by atoms with Gasteiger partial charge in [-0.05, 0) is 133 Å². The molecule has 141 heavy (non-hydrogen) atoms. The largest absolute Gasteiger partial charge is 1.00 e. The third-order valence-corrected chi connectivity index (χ3v) is 41.5. The number of quaternary nitrogens is 7. The number of carbonyl (C=O) groups excluding carboxylic acids is 7. The molecule has 0 aliphatic heterocycles. The van der Waals surface area contributed by atoms with Gasteiger partial charge in [-0.2, -0.15) is 0 Å². The summed E-state index contributed by atoms with van der Waals surface area (Å²) < 4.78 is 116. The van der Waals surface area contributed by atoms with Crippen LogP contribution in [0.3, 0.4) is 0 Å². The third-order valence-electron chi connectivity index (χ3n) is 20.6. The zero-order valence-corrected chi connectivity index (χ0v) is 102. The molecule has 0 fully saturated rings. The molecule has 0 aromatic rings. The summed E-state index contributed by atoms with van der Waals surface area (Å²) in [4.78, 5) is 79.8. The quantitative estimate of drug-likeness (QED) is 0.00978. The molecule has 7 N–H and O–H groups in total. The molecular formula is C84H203BF4N14O31Si7. The highest BCUT2D eigenvalue weighted by Crippen LogP contribution is 2.19. The summed E-state index contributed by atoms with van der Waals surface area (Å²) in [6.07, 6.45) is 3.31. The van der Waals surface area contributed by atoms with Crippen LogP contribution in [0.25, 0.3) is 0 Å². The van der Waals surface area contributed by atoms with Crippen molar-refractivity contribution in [3.05, 3.63) is 0 Å². The Morgan fingerprint density at radius 2 is 0.277 bits per heavy atom. The van der Waals surface area contributed by atoms with Crippen LogP contribution in [-0.4, -0.2) is 527 Å². The highest BCUT2D eigenvalue weighted by atomic mass is 28.4. The third kappa shape index (κ3) is 119. The maximum Gasteiger partial charge on any atom is 0.407 e. The Kier molecular flexibility index (Phi) is 101. The number of halogens is 4. The molecule has 0 aliphatic rings. The molecule has 0 aromatic heterocycles. The van der Waals surface area contributed by atoms with E-state index in [1.165, 1.54) is 0 Å². The molecule has 0 atom stereocenters. The second kappa shape index (κ2) is 88.2. The van der Waals surface area contributed by atoms with E-state index < -0.39 is 67.2 Å². The molecule has 854 valence electrons. The Bertz CT molecular complexity index is 2480. The van der Waals surface area contributed by atoms with Gasteiger partial charge >= 0.3 is 103 Å². The smallest absolute Gasteiger partial charge is 0.407 e. The molecule has 45 nitrogen and oxygen atoms in total. The van der Waals surface area contributed by atoms with E-state index in [4.69, 9.17) is 110 Å². The normalized spacial score (nSPS) is 11.8. The number of alkyl carbamates (subject to hydrolysis) is 7. The van der Waals surface area contributed by atoms with E-state index in [1.807, 2.05) is 45.8 Å². The Labute approximate surface area is 855 Å². The summed E-state index contributed by atoms with van der Waals surface area (Å²) in [7, 11) is 49.6. The molecule has 0 rings (SSSR count). The molecule has 0 spiro atoms. The van der Waals surface area contributed by atoms with Gasteiger partial charge in [0.2, 0.25) is 0 Å². The monoisotopic (exact) mass is 2190 g/mol. The molecule has 7 amide bonds. The van der Waals surface area contributed by atoms with Crippen molar-refractivity contribution >= 4 is 110 Å². The first-order chi connectivity index (χ1) is 62.8. The van der Waals surface area contributed by atoms with Gasteiger partial charge < -0.3 is 198 Å². The standard InChI is InChI=1S/7C12H28N2O4Si.BO3.4FH/c7*1-14(2,3)9-10-18-12(15)13-8-7-11-19(6,16-4)17-5;2-1(3)4;;;;/h7*7-11H2,1-6H3;;4*1H/q;;;;;;;-3;;;;/p+3. The van der Waals surface area contributed by atoms with E-state index in [0.717, 1.165) is 164 Å². The lowest BCUT2D eigenvalue weighted by Gasteiger charge is -2.35. The Morgan fingerprint density at radius 3 is 0.340 bits per heavy atom. The van der Waals surface area contributed by atoms with E-state index in [1.54, 1.807) is 99.5 Å². The van der Waals surface area contributed by atoms with E-state index in [-0.39, 0.29) is 61.5 Å². The maximum absolute atomic E-state index is 11.4. The molecule has 0 bridgehead atoms. The number of hydrogen-bond donors (Lipinski definition) is 7. The van der Waals surface area contributed by atoms with Crippen LogP contribution in [-0.2, 0) is 95.1 Å². The van der Waals surface area contributed by atoms with Crippen molar-refractivity contribution < 1.29 is 194 Å². The summed E-state index contributed by atoms with van der Waals surface area (Å²) in [5.74, 6) is 0. The van der Waals surface area contributed by atoms with Gasteiger partial charge in [0.25, 0.3) is 0 Å². The Hall–Kier alpha value is -4.77. The molecule has 0 heterocycles.